The molecule has 134 valence electrons. The Labute approximate surface area is 144 Å². The topological polar surface area (TPSA) is 71.5 Å². The minimum atomic E-state index is -3.13. The standard InChI is InChI=1S/C17H27N3O3S/c1-2-24(21,22)19-9-6-17-7-11-23-16(17)5-10-20(14-17)13-15-4-3-8-18-12-15/h3-4,8,12,16,19H,2,5-7,9-11,13-14H2,1H3/t16-,17+/m1/s1. The molecule has 2 fully saturated rings. The average Bonchev–Trinajstić information content (AvgIpc) is 2.98. The molecule has 6 nitrogen and oxygen atoms in total. The van der Waals surface area contributed by atoms with Gasteiger partial charge in [0.05, 0.1) is 11.9 Å². The molecule has 1 aromatic heterocycles. The van der Waals surface area contributed by atoms with Crippen LogP contribution in [0.2, 0.25) is 0 Å². The van der Waals surface area contributed by atoms with Crippen LogP contribution in [0.25, 0.3) is 0 Å². The zero-order valence-electron chi connectivity index (χ0n) is 14.3. The Bertz CT molecular complexity index is 638. The van der Waals surface area contributed by atoms with Gasteiger partial charge in [-0.25, -0.2) is 13.1 Å². The Hall–Kier alpha value is -1.02. The highest BCUT2D eigenvalue weighted by Crippen LogP contribution is 2.43. The molecule has 1 aromatic rings. The fraction of sp³-hybridized carbons (Fsp3) is 0.706. The lowest BCUT2D eigenvalue weighted by molar-refractivity contribution is -0.0236. The van der Waals surface area contributed by atoms with Gasteiger partial charge in [-0.15, -0.1) is 0 Å². The van der Waals surface area contributed by atoms with Gasteiger partial charge in [-0.05, 0) is 37.8 Å². The normalized spacial score (nSPS) is 28.0. The monoisotopic (exact) mass is 353 g/mol. The molecular weight excluding hydrogens is 326 g/mol. The third kappa shape index (κ3) is 4.14. The van der Waals surface area contributed by atoms with E-state index in [1.54, 1.807) is 13.1 Å². The van der Waals surface area contributed by atoms with Gasteiger partial charge in [0.25, 0.3) is 0 Å². The molecule has 0 spiro atoms. The van der Waals surface area contributed by atoms with Crippen molar-refractivity contribution in [3.05, 3.63) is 30.1 Å². The molecule has 0 aliphatic carbocycles. The first kappa shape index (κ1) is 17.8. The van der Waals surface area contributed by atoms with E-state index < -0.39 is 10.0 Å². The molecule has 0 aromatic carbocycles. The Morgan fingerprint density at radius 1 is 1.50 bits per heavy atom. The molecule has 7 heteroatoms. The molecule has 2 aliphatic rings. The smallest absolute Gasteiger partial charge is 0.211 e. The van der Waals surface area contributed by atoms with E-state index in [0.29, 0.717) is 6.54 Å². The minimum absolute atomic E-state index is 0.0662. The number of nitrogens with zero attached hydrogens (tertiary/aromatic N) is 2. The number of piperidine rings is 1. The number of fused-ring (bicyclic) bond motifs is 1. The largest absolute Gasteiger partial charge is 0.378 e. The Balaban J connectivity index is 1.63. The number of sulfonamides is 1. The van der Waals surface area contributed by atoms with Crippen LogP contribution < -0.4 is 4.72 Å². The molecule has 0 saturated carbocycles. The van der Waals surface area contributed by atoms with Crippen LogP contribution in [0.5, 0.6) is 0 Å². The van der Waals surface area contributed by atoms with Gasteiger partial charge >= 0.3 is 0 Å². The second kappa shape index (κ2) is 7.47. The van der Waals surface area contributed by atoms with Gasteiger partial charge in [-0.2, -0.15) is 0 Å². The van der Waals surface area contributed by atoms with E-state index in [9.17, 15) is 8.42 Å². The van der Waals surface area contributed by atoms with E-state index in [1.165, 1.54) is 5.56 Å². The Morgan fingerprint density at radius 2 is 2.38 bits per heavy atom. The van der Waals surface area contributed by atoms with Crippen LogP contribution in [0.4, 0.5) is 0 Å². The molecule has 0 unspecified atom stereocenters. The van der Waals surface area contributed by atoms with Crippen LogP contribution in [-0.4, -0.2) is 56.4 Å². The number of likely N-dealkylation sites (tertiary alicyclic amines) is 1. The van der Waals surface area contributed by atoms with E-state index in [1.807, 2.05) is 12.3 Å². The Morgan fingerprint density at radius 3 is 3.12 bits per heavy atom. The summed E-state index contributed by atoms with van der Waals surface area (Å²) in [6.45, 7) is 5.81. The second-order valence-corrected chi connectivity index (χ2v) is 8.98. The van der Waals surface area contributed by atoms with Crippen LogP contribution >= 0.6 is 0 Å². The molecule has 2 saturated heterocycles. The molecule has 1 N–H and O–H groups in total. The van der Waals surface area contributed by atoms with Crippen LogP contribution in [0.3, 0.4) is 0 Å². The number of nitrogens with one attached hydrogen (secondary N) is 1. The first-order valence-corrected chi connectivity index (χ1v) is 10.4. The summed E-state index contributed by atoms with van der Waals surface area (Å²) in [5.74, 6) is 0.132. The van der Waals surface area contributed by atoms with E-state index in [0.717, 1.165) is 45.5 Å². The van der Waals surface area contributed by atoms with Crippen molar-refractivity contribution in [1.82, 2.24) is 14.6 Å². The predicted octanol–water partition coefficient (Wildman–Crippen LogP) is 1.39. The van der Waals surface area contributed by atoms with Crippen molar-refractivity contribution in [2.75, 3.05) is 32.0 Å². The number of aromatic nitrogens is 1. The summed E-state index contributed by atoms with van der Waals surface area (Å²) in [5.41, 5.74) is 1.29. The highest BCUT2D eigenvalue weighted by molar-refractivity contribution is 7.89. The van der Waals surface area contributed by atoms with Crippen molar-refractivity contribution in [2.45, 2.75) is 38.8 Å². The highest BCUT2D eigenvalue weighted by Gasteiger charge is 2.47. The summed E-state index contributed by atoms with van der Waals surface area (Å²) < 4.78 is 32.0. The first-order chi connectivity index (χ1) is 11.5. The summed E-state index contributed by atoms with van der Waals surface area (Å²) in [4.78, 5) is 6.65. The summed E-state index contributed by atoms with van der Waals surface area (Å²) >= 11 is 0. The highest BCUT2D eigenvalue weighted by atomic mass is 32.2. The maximum absolute atomic E-state index is 11.7. The average molecular weight is 353 g/mol. The lowest BCUT2D eigenvalue weighted by Gasteiger charge is -2.44. The summed E-state index contributed by atoms with van der Waals surface area (Å²) in [7, 11) is -3.13. The number of pyridine rings is 1. The SMILES string of the molecule is CCS(=O)(=O)NCC[C@@]12CCO[C@@H]1CCN(Cc1cccnc1)C2. The molecule has 24 heavy (non-hydrogen) atoms. The zero-order chi connectivity index (χ0) is 17.0. The van der Waals surface area contributed by atoms with Crippen LogP contribution in [0.15, 0.2) is 24.5 Å². The van der Waals surface area contributed by atoms with Crippen molar-refractivity contribution in [3.8, 4) is 0 Å². The van der Waals surface area contributed by atoms with E-state index >= 15 is 0 Å². The first-order valence-electron chi connectivity index (χ1n) is 8.73. The molecule has 2 atom stereocenters. The fourth-order valence-electron chi connectivity index (χ4n) is 3.94. The van der Waals surface area contributed by atoms with Gasteiger partial charge in [-0.3, -0.25) is 9.88 Å². The van der Waals surface area contributed by atoms with Gasteiger partial charge in [0.15, 0.2) is 0 Å². The van der Waals surface area contributed by atoms with Crippen molar-refractivity contribution >= 4 is 10.0 Å². The van der Waals surface area contributed by atoms with Crippen molar-refractivity contribution in [3.63, 3.8) is 0 Å². The summed E-state index contributed by atoms with van der Waals surface area (Å²) in [6, 6.07) is 4.07. The fourth-order valence-corrected chi connectivity index (χ4v) is 4.56. The van der Waals surface area contributed by atoms with Gasteiger partial charge in [0.2, 0.25) is 10.0 Å². The maximum atomic E-state index is 11.7. The van der Waals surface area contributed by atoms with E-state index in [-0.39, 0.29) is 17.3 Å². The molecule has 0 bridgehead atoms. The predicted molar refractivity (Wildman–Crippen MR) is 93.0 cm³/mol. The van der Waals surface area contributed by atoms with Crippen LogP contribution in [0.1, 0.15) is 31.7 Å². The minimum Gasteiger partial charge on any atom is -0.378 e. The second-order valence-electron chi connectivity index (χ2n) is 6.88. The molecule has 3 rings (SSSR count). The van der Waals surface area contributed by atoms with Gasteiger partial charge in [0, 0.05) is 50.6 Å². The summed E-state index contributed by atoms with van der Waals surface area (Å²) in [5, 5.41) is 0. The maximum Gasteiger partial charge on any atom is 0.211 e. The van der Waals surface area contributed by atoms with Gasteiger partial charge in [-0.1, -0.05) is 6.07 Å². The van der Waals surface area contributed by atoms with Gasteiger partial charge < -0.3 is 4.74 Å². The third-order valence-electron chi connectivity index (χ3n) is 5.30. The summed E-state index contributed by atoms with van der Waals surface area (Å²) in [6.07, 6.45) is 6.83. The number of ether oxygens (including phenoxy) is 1. The molecular formula is C17H27N3O3S. The van der Waals surface area contributed by atoms with Crippen molar-refractivity contribution in [1.29, 1.82) is 0 Å². The van der Waals surface area contributed by atoms with E-state index in [2.05, 4.69) is 20.7 Å². The number of rotatable bonds is 7. The molecule has 0 amide bonds. The third-order valence-corrected chi connectivity index (χ3v) is 6.71. The molecule has 2 aliphatic heterocycles. The van der Waals surface area contributed by atoms with Crippen LogP contribution in [0, 0.1) is 5.41 Å². The number of hydrogen-bond acceptors (Lipinski definition) is 5. The van der Waals surface area contributed by atoms with Gasteiger partial charge in [0.1, 0.15) is 0 Å². The van der Waals surface area contributed by atoms with E-state index in [4.69, 9.17) is 4.74 Å². The lowest BCUT2D eigenvalue weighted by atomic mass is 9.74. The molecule has 3 heterocycles. The Kier molecular flexibility index (Phi) is 5.54. The van der Waals surface area contributed by atoms with Crippen LogP contribution in [-0.2, 0) is 21.3 Å². The number of hydrogen-bond donors (Lipinski definition) is 1. The van der Waals surface area contributed by atoms with Crippen molar-refractivity contribution < 1.29 is 13.2 Å². The lowest BCUT2D eigenvalue weighted by Crippen LogP contribution is -2.50. The zero-order valence-corrected chi connectivity index (χ0v) is 15.1. The quantitative estimate of drug-likeness (QED) is 0.802. The molecule has 0 radical (unpaired) electrons. The van der Waals surface area contributed by atoms with Crippen molar-refractivity contribution in [2.24, 2.45) is 5.41 Å².